The van der Waals surface area contributed by atoms with Crippen LogP contribution in [0, 0.1) is 0 Å². The zero-order chi connectivity index (χ0) is 8.43. The van der Waals surface area contributed by atoms with Crippen molar-refractivity contribution in [2.24, 2.45) is 0 Å². The Morgan fingerprint density at radius 2 is 2.36 bits per heavy atom. The van der Waals surface area contributed by atoms with Crippen molar-refractivity contribution in [3.63, 3.8) is 0 Å². The number of carbonyl (C=O) groups is 1. The van der Waals surface area contributed by atoms with Gasteiger partial charge in [0.1, 0.15) is 12.2 Å². The van der Waals surface area contributed by atoms with Crippen LogP contribution in [0.15, 0.2) is 0 Å². The van der Waals surface area contributed by atoms with E-state index >= 15 is 0 Å². The molecule has 0 aromatic heterocycles. The summed E-state index contributed by atoms with van der Waals surface area (Å²) in [6, 6.07) is 0. The highest BCUT2D eigenvalue weighted by molar-refractivity contribution is 5.71. The van der Waals surface area contributed by atoms with E-state index in [9.17, 15) is 9.90 Å². The van der Waals surface area contributed by atoms with E-state index in [1.54, 1.807) is 6.92 Å². The van der Waals surface area contributed by atoms with Crippen LogP contribution in [0.4, 0.5) is 0 Å². The number of methoxy groups -OCH3 is 1. The Balaban J connectivity index is 2.58. The maximum absolute atomic E-state index is 10.8. The minimum absolute atomic E-state index is 0.141. The molecule has 0 radical (unpaired) electrons. The molecule has 4 nitrogen and oxygen atoms in total. The molecule has 1 heterocycles. The molecule has 0 aliphatic carbocycles. The molecular formula is C7H12O4. The van der Waals surface area contributed by atoms with Crippen molar-refractivity contribution in [3.8, 4) is 0 Å². The Bertz CT molecular complexity index is 157. The molecule has 11 heavy (non-hydrogen) atoms. The van der Waals surface area contributed by atoms with E-state index in [-0.39, 0.29) is 12.4 Å². The summed E-state index contributed by atoms with van der Waals surface area (Å²) >= 11 is 0. The summed E-state index contributed by atoms with van der Waals surface area (Å²) in [6.07, 6.45) is -1.42. The fourth-order valence-electron chi connectivity index (χ4n) is 1.14. The zero-order valence-electron chi connectivity index (χ0n) is 6.61. The van der Waals surface area contributed by atoms with Gasteiger partial charge in [0.2, 0.25) is 0 Å². The number of rotatable bonds is 1. The summed E-state index contributed by atoms with van der Waals surface area (Å²) in [5.74, 6) is -0.311. The van der Waals surface area contributed by atoms with Crippen LogP contribution < -0.4 is 0 Å². The maximum atomic E-state index is 10.8. The molecule has 3 unspecified atom stereocenters. The Labute approximate surface area is 65.1 Å². The minimum Gasteiger partial charge on any atom is -0.460 e. The number of ether oxygens (including phenoxy) is 2. The van der Waals surface area contributed by atoms with Crippen LogP contribution in [0.3, 0.4) is 0 Å². The second kappa shape index (κ2) is 3.19. The van der Waals surface area contributed by atoms with Gasteiger partial charge in [0, 0.05) is 7.11 Å². The summed E-state index contributed by atoms with van der Waals surface area (Å²) in [6.45, 7) is 1.65. The number of aliphatic hydroxyl groups excluding tert-OH is 1. The molecule has 1 saturated heterocycles. The van der Waals surface area contributed by atoms with Gasteiger partial charge in [-0.15, -0.1) is 0 Å². The number of esters is 1. The Hall–Kier alpha value is -0.610. The highest BCUT2D eigenvalue weighted by Crippen LogP contribution is 2.17. The molecule has 3 atom stereocenters. The van der Waals surface area contributed by atoms with Gasteiger partial charge in [-0.3, -0.25) is 4.79 Å². The smallest absolute Gasteiger partial charge is 0.308 e. The molecule has 0 aromatic rings. The Morgan fingerprint density at radius 3 is 2.91 bits per heavy atom. The molecule has 1 fully saturated rings. The standard InChI is InChI=1S/C7H12O4/c1-4-7(9)5(10-2)3-6(8)11-4/h4-5,7,9H,3H2,1-2H3. The van der Waals surface area contributed by atoms with Crippen molar-refractivity contribution in [1.29, 1.82) is 0 Å². The fraction of sp³-hybridized carbons (Fsp3) is 0.857. The second-order valence-electron chi connectivity index (χ2n) is 2.66. The van der Waals surface area contributed by atoms with E-state index in [0.717, 1.165) is 0 Å². The topological polar surface area (TPSA) is 55.8 Å². The molecule has 64 valence electrons. The van der Waals surface area contributed by atoms with Crippen molar-refractivity contribution in [3.05, 3.63) is 0 Å². The van der Waals surface area contributed by atoms with E-state index in [1.165, 1.54) is 7.11 Å². The SMILES string of the molecule is COC1CC(=O)OC(C)C1O. The summed E-state index contributed by atoms with van der Waals surface area (Å²) in [7, 11) is 1.47. The lowest BCUT2D eigenvalue weighted by Crippen LogP contribution is -2.45. The quantitative estimate of drug-likeness (QED) is 0.535. The summed E-state index contributed by atoms with van der Waals surface area (Å²) in [5, 5.41) is 9.35. The third-order valence-corrected chi connectivity index (χ3v) is 1.85. The number of hydrogen-bond donors (Lipinski definition) is 1. The molecule has 1 N–H and O–H groups in total. The maximum Gasteiger partial charge on any atom is 0.308 e. The fourth-order valence-corrected chi connectivity index (χ4v) is 1.14. The van der Waals surface area contributed by atoms with Gasteiger partial charge in [0.15, 0.2) is 0 Å². The van der Waals surface area contributed by atoms with Crippen LogP contribution >= 0.6 is 0 Å². The van der Waals surface area contributed by atoms with Gasteiger partial charge in [-0.05, 0) is 6.92 Å². The molecule has 0 bridgehead atoms. The minimum atomic E-state index is -0.697. The van der Waals surface area contributed by atoms with Gasteiger partial charge in [-0.1, -0.05) is 0 Å². The number of carbonyl (C=O) groups excluding carboxylic acids is 1. The Kier molecular flexibility index (Phi) is 2.46. The van der Waals surface area contributed by atoms with Crippen LogP contribution in [0.2, 0.25) is 0 Å². The number of aliphatic hydroxyl groups is 1. The molecule has 1 aliphatic heterocycles. The summed E-state index contributed by atoms with van der Waals surface area (Å²) in [4.78, 5) is 10.8. The number of cyclic esters (lactones) is 1. The molecule has 1 aliphatic rings. The molecule has 0 saturated carbocycles. The van der Waals surface area contributed by atoms with Crippen molar-refractivity contribution >= 4 is 5.97 Å². The normalized spacial score (nSPS) is 38.5. The first-order chi connectivity index (χ1) is 5.15. The molecule has 0 amide bonds. The second-order valence-corrected chi connectivity index (χ2v) is 2.66. The van der Waals surface area contributed by atoms with Gasteiger partial charge in [0.25, 0.3) is 0 Å². The van der Waals surface area contributed by atoms with Gasteiger partial charge in [-0.25, -0.2) is 0 Å². The third kappa shape index (κ3) is 1.70. The van der Waals surface area contributed by atoms with Crippen LogP contribution in [0.1, 0.15) is 13.3 Å². The van der Waals surface area contributed by atoms with E-state index in [2.05, 4.69) is 0 Å². The van der Waals surface area contributed by atoms with E-state index in [4.69, 9.17) is 9.47 Å². The van der Waals surface area contributed by atoms with Crippen molar-refractivity contribution < 1.29 is 19.4 Å². The largest absolute Gasteiger partial charge is 0.460 e. The average molecular weight is 160 g/mol. The van der Waals surface area contributed by atoms with E-state index in [0.29, 0.717) is 0 Å². The van der Waals surface area contributed by atoms with Crippen molar-refractivity contribution in [2.45, 2.75) is 31.7 Å². The first-order valence-electron chi connectivity index (χ1n) is 3.55. The van der Waals surface area contributed by atoms with E-state index in [1.807, 2.05) is 0 Å². The molecule has 0 spiro atoms. The molecule has 4 heteroatoms. The van der Waals surface area contributed by atoms with Gasteiger partial charge in [0.05, 0.1) is 12.5 Å². The van der Waals surface area contributed by atoms with E-state index < -0.39 is 18.3 Å². The van der Waals surface area contributed by atoms with Crippen LogP contribution in [0.5, 0.6) is 0 Å². The third-order valence-electron chi connectivity index (χ3n) is 1.85. The van der Waals surface area contributed by atoms with Gasteiger partial charge < -0.3 is 14.6 Å². The Morgan fingerprint density at radius 1 is 1.73 bits per heavy atom. The summed E-state index contributed by atoms with van der Waals surface area (Å²) in [5.41, 5.74) is 0. The van der Waals surface area contributed by atoms with Crippen LogP contribution in [-0.2, 0) is 14.3 Å². The predicted molar refractivity (Wildman–Crippen MR) is 37.0 cm³/mol. The lowest BCUT2D eigenvalue weighted by atomic mass is 10.0. The average Bonchev–Trinajstić information content (AvgIpc) is 1.96. The predicted octanol–water partition coefficient (Wildman–Crippen LogP) is -0.302. The lowest BCUT2D eigenvalue weighted by molar-refractivity contribution is -0.178. The van der Waals surface area contributed by atoms with Gasteiger partial charge >= 0.3 is 5.97 Å². The number of hydrogen-bond acceptors (Lipinski definition) is 4. The summed E-state index contributed by atoms with van der Waals surface area (Å²) < 4.78 is 9.65. The molecule has 1 rings (SSSR count). The van der Waals surface area contributed by atoms with Crippen LogP contribution in [0.25, 0.3) is 0 Å². The lowest BCUT2D eigenvalue weighted by Gasteiger charge is -2.30. The van der Waals surface area contributed by atoms with Crippen LogP contribution in [-0.4, -0.2) is 36.5 Å². The highest BCUT2D eigenvalue weighted by atomic mass is 16.6. The zero-order valence-corrected chi connectivity index (χ0v) is 6.61. The first-order valence-corrected chi connectivity index (χ1v) is 3.55. The molecular weight excluding hydrogens is 148 g/mol. The highest BCUT2D eigenvalue weighted by Gasteiger charge is 2.34. The van der Waals surface area contributed by atoms with Crippen molar-refractivity contribution in [2.75, 3.05) is 7.11 Å². The van der Waals surface area contributed by atoms with Gasteiger partial charge in [-0.2, -0.15) is 0 Å². The monoisotopic (exact) mass is 160 g/mol. The van der Waals surface area contributed by atoms with Crippen molar-refractivity contribution in [1.82, 2.24) is 0 Å². The first kappa shape index (κ1) is 8.49. The molecule has 0 aromatic carbocycles.